The summed E-state index contributed by atoms with van der Waals surface area (Å²) in [7, 11) is 0. The first kappa shape index (κ1) is 13.6. The van der Waals surface area contributed by atoms with Crippen molar-refractivity contribution in [2.24, 2.45) is 0 Å². The summed E-state index contributed by atoms with van der Waals surface area (Å²) in [6.45, 7) is 9.42. The Morgan fingerprint density at radius 1 is 1.29 bits per heavy atom. The number of phenolic OH excluding ortho intramolecular Hbond substituents is 1. The van der Waals surface area contributed by atoms with E-state index in [1.807, 2.05) is 34.6 Å². The molecular formula is C14H20O3. The number of rotatable bonds is 2. The third kappa shape index (κ3) is 3.77. The van der Waals surface area contributed by atoms with Crippen molar-refractivity contribution in [1.29, 1.82) is 0 Å². The van der Waals surface area contributed by atoms with E-state index in [4.69, 9.17) is 4.74 Å². The van der Waals surface area contributed by atoms with E-state index in [0.29, 0.717) is 5.56 Å². The van der Waals surface area contributed by atoms with Crippen LogP contribution in [-0.4, -0.2) is 16.7 Å². The van der Waals surface area contributed by atoms with Crippen molar-refractivity contribution in [2.45, 2.75) is 46.1 Å². The molecular weight excluding hydrogens is 216 g/mol. The van der Waals surface area contributed by atoms with Gasteiger partial charge in [-0.25, -0.2) is 4.79 Å². The van der Waals surface area contributed by atoms with E-state index in [1.165, 1.54) is 6.07 Å². The fourth-order valence-electron chi connectivity index (χ4n) is 1.48. The van der Waals surface area contributed by atoms with Gasteiger partial charge in [0.15, 0.2) is 0 Å². The highest BCUT2D eigenvalue weighted by atomic mass is 16.6. The fraction of sp³-hybridized carbons (Fsp3) is 0.500. The lowest BCUT2D eigenvalue weighted by atomic mass is 9.99. The van der Waals surface area contributed by atoms with Gasteiger partial charge in [0.05, 0.1) is 5.56 Å². The molecule has 0 atom stereocenters. The van der Waals surface area contributed by atoms with Gasteiger partial charge in [0, 0.05) is 0 Å². The summed E-state index contributed by atoms with van der Waals surface area (Å²) in [5.41, 5.74) is 0.724. The first-order valence-corrected chi connectivity index (χ1v) is 5.77. The molecule has 1 rings (SSSR count). The standard InChI is InChI=1S/C14H20O3/c1-9(2)11-8-10(6-7-12(11)15)13(16)17-14(3,4)5/h6-9,15H,1-5H3. The molecule has 0 aliphatic rings. The van der Waals surface area contributed by atoms with E-state index in [-0.39, 0.29) is 17.6 Å². The van der Waals surface area contributed by atoms with E-state index in [2.05, 4.69) is 0 Å². The minimum absolute atomic E-state index is 0.164. The molecule has 0 amide bonds. The Morgan fingerprint density at radius 2 is 1.88 bits per heavy atom. The number of hydrogen-bond acceptors (Lipinski definition) is 3. The molecule has 3 heteroatoms. The van der Waals surface area contributed by atoms with E-state index in [1.54, 1.807) is 12.1 Å². The zero-order valence-electron chi connectivity index (χ0n) is 11.1. The van der Waals surface area contributed by atoms with E-state index in [0.717, 1.165) is 5.56 Å². The molecule has 3 nitrogen and oxygen atoms in total. The normalized spacial score (nSPS) is 11.6. The predicted molar refractivity (Wildman–Crippen MR) is 67.4 cm³/mol. The number of phenols is 1. The van der Waals surface area contributed by atoms with Crippen LogP contribution in [0.25, 0.3) is 0 Å². The predicted octanol–water partition coefficient (Wildman–Crippen LogP) is 3.47. The minimum atomic E-state index is -0.507. The average molecular weight is 236 g/mol. The van der Waals surface area contributed by atoms with Crippen LogP contribution < -0.4 is 0 Å². The first-order valence-electron chi connectivity index (χ1n) is 5.77. The number of esters is 1. The summed E-state index contributed by atoms with van der Waals surface area (Å²) < 4.78 is 5.28. The zero-order valence-corrected chi connectivity index (χ0v) is 11.1. The maximum Gasteiger partial charge on any atom is 0.338 e. The molecule has 17 heavy (non-hydrogen) atoms. The Kier molecular flexibility index (Phi) is 3.81. The average Bonchev–Trinajstić information content (AvgIpc) is 2.14. The second kappa shape index (κ2) is 4.78. The van der Waals surface area contributed by atoms with Crippen molar-refractivity contribution < 1.29 is 14.6 Å². The molecule has 0 fully saturated rings. The van der Waals surface area contributed by atoms with Crippen molar-refractivity contribution in [1.82, 2.24) is 0 Å². The maximum absolute atomic E-state index is 11.8. The van der Waals surface area contributed by atoms with Crippen LogP contribution in [0.1, 0.15) is 56.5 Å². The third-order valence-electron chi connectivity index (χ3n) is 2.28. The van der Waals surface area contributed by atoms with Gasteiger partial charge in [-0.1, -0.05) is 13.8 Å². The summed E-state index contributed by atoms with van der Waals surface area (Å²) in [5, 5.41) is 9.67. The van der Waals surface area contributed by atoms with Crippen LogP contribution in [0.4, 0.5) is 0 Å². The summed E-state index contributed by atoms with van der Waals surface area (Å²) in [6, 6.07) is 4.80. The molecule has 94 valence electrons. The van der Waals surface area contributed by atoms with Gasteiger partial charge in [0.25, 0.3) is 0 Å². The molecule has 1 N–H and O–H groups in total. The molecule has 0 aromatic heterocycles. The Morgan fingerprint density at radius 3 is 2.35 bits per heavy atom. The Labute approximate surface area is 102 Å². The molecule has 0 bridgehead atoms. The van der Waals surface area contributed by atoms with Crippen molar-refractivity contribution in [2.75, 3.05) is 0 Å². The molecule has 0 unspecified atom stereocenters. The van der Waals surface area contributed by atoms with Gasteiger partial charge in [-0.05, 0) is 50.5 Å². The van der Waals surface area contributed by atoms with Crippen molar-refractivity contribution >= 4 is 5.97 Å². The van der Waals surface area contributed by atoms with Gasteiger partial charge >= 0.3 is 5.97 Å². The summed E-state index contributed by atoms with van der Waals surface area (Å²) >= 11 is 0. The molecule has 0 radical (unpaired) electrons. The lowest BCUT2D eigenvalue weighted by Crippen LogP contribution is -2.23. The molecule has 0 aliphatic carbocycles. The number of benzene rings is 1. The van der Waals surface area contributed by atoms with Crippen LogP contribution in [0, 0.1) is 0 Å². The maximum atomic E-state index is 11.8. The number of hydrogen-bond donors (Lipinski definition) is 1. The van der Waals surface area contributed by atoms with E-state index < -0.39 is 5.60 Å². The number of ether oxygens (including phenoxy) is 1. The second-order valence-electron chi connectivity index (χ2n) is 5.43. The van der Waals surface area contributed by atoms with Gasteiger partial charge in [0.1, 0.15) is 11.4 Å². The first-order chi connectivity index (χ1) is 7.70. The van der Waals surface area contributed by atoms with E-state index in [9.17, 15) is 9.90 Å². The molecule has 1 aromatic carbocycles. The van der Waals surface area contributed by atoms with Crippen LogP contribution >= 0.6 is 0 Å². The largest absolute Gasteiger partial charge is 0.508 e. The van der Waals surface area contributed by atoms with Gasteiger partial charge in [-0.3, -0.25) is 0 Å². The van der Waals surface area contributed by atoms with Crippen molar-refractivity contribution in [3.8, 4) is 5.75 Å². The highest BCUT2D eigenvalue weighted by Gasteiger charge is 2.19. The van der Waals surface area contributed by atoms with Crippen LogP contribution in [0.2, 0.25) is 0 Å². The molecule has 0 spiro atoms. The summed E-state index contributed by atoms with van der Waals surface area (Å²) in [4.78, 5) is 11.8. The molecule has 0 aliphatic heterocycles. The quantitative estimate of drug-likeness (QED) is 0.800. The summed E-state index contributed by atoms with van der Waals surface area (Å²) in [6.07, 6.45) is 0. The van der Waals surface area contributed by atoms with Crippen molar-refractivity contribution in [3.05, 3.63) is 29.3 Å². The highest BCUT2D eigenvalue weighted by molar-refractivity contribution is 5.90. The van der Waals surface area contributed by atoms with Gasteiger partial charge < -0.3 is 9.84 Å². The third-order valence-corrected chi connectivity index (χ3v) is 2.28. The van der Waals surface area contributed by atoms with Crippen LogP contribution in [0.15, 0.2) is 18.2 Å². The molecule has 0 saturated carbocycles. The molecule has 1 aromatic rings. The fourth-order valence-corrected chi connectivity index (χ4v) is 1.48. The van der Waals surface area contributed by atoms with Gasteiger partial charge in [0.2, 0.25) is 0 Å². The lowest BCUT2D eigenvalue weighted by Gasteiger charge is -2.20. The number of carbonyl (C=O) groups is 1. The van der Waals surface area contributed by atoms with Crippen LogP contribution in [0.5, 0.6) is 5.75 Å². The monoisotopic (exact) mass is 236 g/mol. The SMILES string of the molecule is CC(C)c1cc(C(=O)OC(C)(C)C)ccc1O. The second-order valence-corrected chi connectivity index (χ2v) is 5.43. The van der Waals surface area contributed by atoms with Gasteiger partial charge in [-0.2, -0.15) is 0 Å². The highest BCUT2D eigenvalue weighted by Crippen LogP contribution is 2.27. The lowest BCUT2D eigenvalue weighted by molar-refractivity contribution is 0.00694. The molecule has 0 heterocycles. The summed E-state index contributed by atoms with van der Waals surface area (Å²) in [5.74, 6) is 0.0177. The van der Waals surface area contributed by atoms with Crippen LogP contribution in [-0.2, 0) is 4.74 Å². The van der Waals surface area contributed by atoms with Crippen LogP contribution in [0.3, 0.4) is 0 Å². The zero-order chi connectivity index (χ0) is 13.2. The minimum Gasteiger partial charge on any atom is -0.508 e. The van der Waals surface area contributed by atoms with E-state index >= 15 is 0 Å². The Bertz CT molecular complexity index is 414. The number of aromatic hydroxyl groups is 1. The smallest absolute Gasteiger partial charge is 0.338 e. The van der Waals surface area contributed by atoms with Gasteiger partial charge in [-0.15, -0.1) is 0 Å². The Hall–Kier alpha value is -1.51. The number of carbonyl (C=O) groups excluding carboxylic acids is 1. The topological polar surface area (TPSA) is 46.5 Å². The van der Waals surface area contributed by atoms with Crippen molar-refractivity contribution in [3.63, 3.8) is 0 Å². The molecule has 0 saturated heterocycles. The Balaban J connectivity index is 3.00.